The Kier molecular flexibility index (Phi) is 3.73. The summed E-state index contributed by atoms with van der Waals surface area (Å²) in [7, 11) is 0. The molecule has 0 unspecified atom stereocenters. The first kappa shape index (κ1) is 15.0. The maximum absolute atomic E-state index is 13.2. The lowest BCUT2D eigenvalue weighted by atomic mass is 10.1. The molecule has 3 rings (SSSR count). The van der Waals surface area contributed by atoms with Crippen LogP contribution in [0.3, 0.4) is 0 Å². The largest absolute Gasteiger partial charge is 0.435 e. The Morgan fingerprint density at radius 2 is 1.48 bits per heavy atom. The summed E-state index contributed by atoms with van der Waals surface area (Å²) in [6.45, 7) is 0. The van der Waals surface area contributed by atoms with Crippen LogP contribution in [0.15, 0.2) is 71.3 Å². The Morgan fingerprint density at radius 3 is 2.04 bits per heavy atom. The van der Waals surface area contributed by atoms with Gasteiger partial charge in [0.05, 0.1) is 11.3 Å². The van der Waals surface area contributed by atoms with E-state index in [-0.39, 0.29) is 5.69 Å². The number of hydrogen-bond donors (Lipinski definition) is 0. The summed E-state index contributed by atoms with van der Waals surface area (Å²) in [4.78, 5) is 12.4. The molecule has 1 aliphatic heterocycles. The zero-order chi connectivity index (χ0) is 16.4. The molecule has 2 aromatic rings. The summed E-state index contributed by atoms with van der Waals surface area (Å²) in [5.74, 6) is -0.799. The highest BCUT2D eigenvalue weighted by molar-refractivity contribution is 6.34. The van der Waals surface area contributed by atoms with Crippen LogP contribution in [0.1, 0.15) is 5.56 Å². The van der Waals surface area contributed by atoms with Crippen molar-refractivity contribution in [3.8, 4) is 0 Å². The molecule has 0 saturated heterocycles. The van der Waals surface area contributed by atoms with Crippen LogP contribution in [-0.4, -0.2) is 17.8 Å². The number of rotatable bonds is 2. The zero-order valence-electron chi connectivity index (χ0n) is 11.8. The van der Waals surface area contributed by atoms with E-state index < -0.39 is 23.4 Å². The maximum Gasteiger partial charge on any atom is 0.435 e. The number of para-hydroxylation sites is 1. The summed E-state index contributed by atoms with van der Waals surface area (Å²) < 4.78 is 39.7. The van der Waals surface area contributed by atoms with Crippen LogP contribution in [0, 0.1) is 0 Å². The van der Waals surface area contributed by atoms with Crippen molar-refractivity contribution >= 4 is 23.4 Å². The molecule has 0 spiro atoms. The summed E-state index contributed by atoms with van der Waals surface area (Å²) in [6, 6.07) is 16.4. The minimum atomic E-state index is -4.71. The molecular formula is C17H11F3N2O. The van der Waals surface area contributed by atoms with E-state index in [1.165, 1.54) is 18.2 Å². The molecular weight excluding hydrogens is 305 g/mol. The van der Waals surface area contributed by atoms with Crippen molar-refractivity contribution in [2.45, 2.75) is 6.18 Å². The highest BCUT2D eigenvalue weighted by Crippen LogP contribution is 2.32. The molecule has 0 bridgehead atoms. The number of amides is 1. The molecule has 1 amide bonds. The van der Waals surface area contributed by atoms with Crippen LogP contribution >= 0.6 is 0 Å². The van der Waals surface area contributed by atoms with Gasteiger partial charge in [-0.2, -0.15) is 23.3 Å². The van der Waals surface area contributed by atoms with E-state index in [0.717, 1.165) is 5.01 Å². The fourth-order valence-corrected chi connectivity index (χ4v) is 2.21. The van der Waals surface area contributed by atoms with Gasteiger partial charge in [0.2, 0.25) is 0 Å². The molecule has 116 valence electrons. The normalized spacial score (nSPS) is 16.8. The summed E-state index contributed by atoms with van der Waals surface area (Å²) in [5, 5.41) is 4.27. The third kappa shape index (κ3) is 3.01. The molecule has 6 heteroatoms. The molecule has 0 aromatic heterocycles. The third-order valence-corrected chi connectivity index (χ3v) is 3.26. The average Bonchev–Trinajstić information content (AvgIpc) is 2.86. The number of carbonyl (C=O) groups excluding carboxylic acids is 1. The number of hydrazone groups is 1. The van der Waals surface area contributed by atoms with E-state index in [1.54, 1.807) is 48.5 Å². The van der Waals surface area contributed by atoms with Crippen LogP contribution in [0.4, 0.5) is 18.9 Å². The Balaban J connectivity index is 2.08. The van der Waals surface area contributed by atoms with E-state index >= 15 is 0 Å². The second kappa shape index (κ2) is 5.72. The quantitative estimate of drug-likeness (QED) is 0.770. The molecule has 0 atom stereocenters. The lowest BCUT2D eigenvalue weighted by Crippen LogP contribution is -2.25. The number of carbonyl (C=O) groups is 1. The second-order valence-electron chi connectivity index (χ2n) is 4.87. The molecule has 1 aliphatic rings. The van der Waals surface area contributed by atoms with Crippen LogP contribution in [0.25, 0.3) is 6.08 Å². The lowest BCUT2D eigenvalue weighted by Gasteiger charge is -2.10. The lowest BCUT2D eigenvalue weighted by molar-refractivity contribution is -0.114. The van der Waals surface area contributed by atoms with Crippen molar-refractivity contribution in [3.05, 3.63) is 71.8 Å². The Morgan fingerprint density at radius 1 is 0.913 bits per heavy atom. The van der Waals surface area contributed by atoms with Gasteiger partial charge in [-0.1, -0.05) is 48.5 Å². The van der Waals surface area contributed by atoms with E-state index in [4.69, 9.17) is 0 Å². The van der Waals surface area contributed by atoms with Crippen LogP contribution in [-0.2, 0) is 4.79 Å². The van der Waals surface area contributed by atoms with Gasteiger partial charge in [-0.25, -0.2) is 0 Å². The number of anilines is 1. The van der Waals surface area contributed by atoms with Crippen molar-refractivity contribution in [3.63, 3.8) is 0 Å². The molecule has 0 aliphatic carbocycles. The van der Waals surface area contributed by atoms with Crippen molar-refractivity contribution < 1.29 is 18.0 Å². The molecule has 2 aromatic carbocycles. The molecule has 1 heterocycles. The van der Waals surface area contributed by atoms with Crippen molar-refractivity contribution in [2.75, 3.05) is 5.01 Å². The van der Waals surface area contributed by atoms with E-state index in [1.807, 2.05) is 0 Å². The monoisotopic (exact) mass is 316 g/mol. The Hall–Kier alpha value is -2.89. The fraction of sp³-hybridized carbons (Fsp3) is 0.0588. The number of nitrogens with zero attached hydrogens (tertiary/aromatic N) is 2. The first-order valence-electron chi connectivity index (χ1n) is 6.79. The minimum absolute atomic E-state index is 0.288. The SMILES string of the molecule is O=C1/C(=C\c2ccccc2)C(C(F)(F)F)=NN1c1ccccc1. The van der Waals surface area contributed by atoms with Gasteiger partial charge in [-0.3, -0.25) is 4.79 Å². The predicted octanol–water partition coefficient (Wildman–Crippen LogP) is 4.04. The standard InChI is InChI=1S/C17H11F3N2O/c18-17(19,20)15-14(11-12-7-3-1-4-8-12)16(23)22(21-15)13-9-5-2-6-10-13/h1-11H/b14-11-. The zero-order valence-corrected chi connectivity index (χ0v) is 11.8. The van der Waals surface area contributed by atoms with Gasteiger partial charge in [0, 0.05) is 0 Å². The van der Waals surface area contributed by atoms with Crippen LogP contribution < -0.4 is 5.01 Å². The summed E-state index contributed by atoms with van der Waals surface area (Å²) >= 11 is 0. The number of benzene rings is 2. The van der Waals surface area contributed by atoms with Gasteiger partial charge < -0.3 is 0 Å². The van der Waals surface area contributed by atoms with E-state index in [9.17, 15) is 18.0 Å². The van der Waals surface area contributed by atoms with Gasteiger partial charge >= 0.3 is 6.18 Å². The molecule has 23 heavy (non-hydrogen) atoms. The predicted molar refractivity (Wildman–Crippen MR) is 81.8 cm³/mol. The van der Waals surface area contributed by atoms with Crippen molar-refractivity contribution in [2.24, 2.45) is 5.10 Å². The number of halogens is 3. The van der Waals surface area contributed by atoms with Crippen molar-refractivity contribution in [1.82, 2.24) is 0 Å². The molecule has 0 fully saturated rings. The van der Waals surface area contributed by atoms with Gasteiger partial charge in [0.15, 0.2) is 5.71 Å². The van der Waals surface area contributed by atoms with Gasteiger partial charge in [-0.05, 0) is 23.8 Å². The van der Waals surface area contributed by atoms with E-state index in [2.05, 4.69) is 5.10 Å². The number of hydrogen-bond acceptors (Lipinski definition) is 2. The summed E-state index contributed by atoms with van der Waals surface area (Å²) in [6.07, 6.45) is -3.50. The minimum Gasteiger partial charge on any atom is -0.267 e. The third-order valence-electron chi connectivity index (χ3n) is 3.26. The fourth-order valence-electron chi connectivity index (χ4n) is 2.21. The highest BCUT2D eigenvalue weighted by atomic mass is 19.4. The topological polar surface area (TPSA) is 32.7 Å². The van der Waals surface area contributed by atoms with Crippen LogP contribution in [0.2, 0.25) is 0 Å². The second-order valence-corrected chi connectivity index (χ2v) is 4.87. The molecule has 0 N–H and O–H groups in total. The van der Waals surface area contributed by atoms with Crippen LogP contribution in [0.5, 0.6) is 0 Å². The summed E-state index contributed by atoms with van der Waals surface area (Å²) in [5.41, 5.74) is -0.860. The smallest absolute Gasteiger partial charge is 0.267 e. The molecule has 3 nitrogen and oxygen atoms in total. The maximum atomic E-state index is 13.2. The van der Waals surface area contributed by atoms with Crippen molar-refractivity contribution in [1.29, 1.82) is 0 Å². The number of alkyl halides is 3. The van der Waals surface area contributed by atoms with Gasteiger partial charge in [0.25, 0.3) is 5.91 Å². The van der Waals surface area contributed by atoms with Gasteiger partial charge in [-0.15, -0.1) is 0 Å². The highest BCUT2D eigenvalue weighted by Gasteiger charge is 2.46. The average molecular weight is 316 g/mol. The Labute approximate surface area is 130 Å². The first-order chi connectivity index (χ1) is 11.0. The molecule has 0 saturated carbocycles. The van der Waals surface area contributed by atoms with E-state index in [0.29, 0.717) is 5.56 Å². The first-order valence-corrected chi connectivity index (χ1v) is 6.79. The molecule has 0 radical (unpaired) electrons. The Bertz CT molecular complexity index is 780. The van der Waals surface area contributed by atoms with Gasteiger partial charge in [0.1, 0.15) is 0 Å².